The van der Waals surface area contributed by atoms with Crippen molar-refractivity contribution in [3.8, 4) is 0 Å². The summed E-state index contributed by atoms with van der Waals surface area (Å²) in [5.74, 6) is -3.07. The van der Waals surface area contributed by atoms with Crippen LogP contribution in [0.15, 0.2) is 30.5 Å². The molecule has 1 aliphatic rings. The molecule has 22 heavy (non-hydrogen) atoms. The first-order valence-electron chi connectivity index (χ1n) is 7.21. The Hall–Kier alpha value is -1.07. The van der Waals surface area contributed by atoms with Crippen LogP contribution in [0.25, 0.3) is 5.57 Å². The largest absolute Gasteiger partial charge is 0.377 e. The highest BCUT2D eigenvalue weighted by atomic mass is 35.5. The number of nitrogens with zero attached hydrogens (tertiary/aromatic N) is 1. The molecule has 0 spiro atoms. The van der Waals surface area contributed by atoms with Gasteiger partial charge in [-0.15, -0.1) is 0 Å². The quantitative estimate of drug-likeness (QED) is 0.697. The van der Waals surface area contributed by atoms with E-state index in [1.807, 2.05) is 0 Å². The first-order valence-corrected chi connectivity index (χ1v) is 8.63. The number of thioether (sulfide) groups is 1. The minimum atomic E-state index is -2.54. The molecule has 0 N–H and O–H groups in total. The second-order valence-electron chi connectivity index (χ2n) is 5.14. The average Bonchev–Trinajstić information content (AvgIpc) is 2.51. The number of Topliss-reactive ketones (excluding diaryl/α,β-unsaturated/α-hetero) is 1. The van der Waals surface area contributed by atoms with Gasteiger partial charge in [-0.3, -0.25) is 4.79 Å². The maximum absolute atomic E-state index is 12.3. The first kappa shape index (κ1) is 17.3. The average molecular weight is 346 g/mol. The molecule has 0 aromatic heterocycles. The molecular weight excluding hydrogens is 328 g/mol. The van der Waals surface area contributed by atoms with Crippen LogP contribution in [0.5, 0.6) is 0 Å². The summed E-state index contributed by atoms with van der Waals surface area (Å²) in [6.07, 6.45) is 5.16. The van der Waals surface area contributed by atoms with E-state index in [9.17, 15) is 13.6 Å². The summed E-state index contributed by atoms with van der Waals surface area (Å²) < 4.78 is 24.7. The fraction of sp³-hybridized carbons (Fsp3) is 0.438. The predicted molar refractivity (Wildman–Crippen MR) is 88.3 cm³/mol. The minimum Gasteiger partial charge on any atom is -0.377 e. The fourth-order valence-corrected chi connectivity index (χ4v) is 3.03. The lowest BCUT2D eigenvalue weighted by Gasteiger charge is -2.26. The van der Waals surface area contributed by atoms with Crippen molar-refractivity contribution >= 4 is 34.7 Å². The van der Waals surface area contributed by atoms with Crippen molar-refractivity contribution in [1.29, 1.82) is 0 Å². The lowest BCUT2D eigenvalue weighted by Crippen LogP contribution is -2.25. The Morgan fingerprint density at radius 2 is 2.05 bits per heavy atom. The van der Waals surface area contributed by atoms with Gasteiger partial charge in [0.2, 0.25) is 0 Å². The first-order chi connectivity index (χ1) is 10.6. The maximum Gasteiger partial charge on any atom is 0.285 e. The molecule has 1 aliphatic heterocycles. The summed E-state index contributed by atoms with van der Waals surface area (Å²) in [5.41, 5.74) is 1.13. The van der Waals surface area contributed by atoms with Crippen LogP contribution >= 0.6 is 23.4 Å². The standard InChI is InChI=1S/C16H18ClF2NOS/c17-13-6-4-5-12(9-13)14(15(21)11-22-16(18)19)10-20-7-2-1-3-8-20/h4-6,9-10,16H,1-3,7-8,11H2. The molecule has 120 valence electrons. The van der Waals surface area contributed by atoms with E-state index in [1.54, 1.807) is 30.5 Å². The van der Waals surface area contributed by atoms with Crippen molar-refractivity contribution < 1.29 is 13.6 Å². The van der Waals surface area contributed by atoms with Crippen molar-refractivity contribution in [3.05, 3.63) is 41.1 Å². The SMILES string of the molecule is O=C(CSC(F)F)C(=CN1CCCCC1)c1cccc(Cl)c1. The zero-order valence-electron chi connectivity index (χ0n) is 12.1. The highest BCUT2D eigenvalue weighted by Gasteiger charge is 2.17. The number of alkyl halides is 2. The third-order valence-electron chi connectivity index (χ3n) is 3.48. The number of ketones is 1. The third kappa shape index (κ3) is 5.29. The van der Waals surface area contributed by atoms with Gasteiger partial charge in [-0.2, -0.15) is 8.78 Å². The van der Waals surface area contributed by atoms with Crippen molar-refractivity contribution in [2.24, 2.45) is 0 Å². The van der Waals surface area contributed by atoms with Crippen LogP contribution in [0.1, 0.15) is 24.8 Å². The molecule has 1 aromatic rings. The van der Waals surface area contributed by atoms with E-state index in [0.29, 0.717) is 27.9 Å². The van der Waals surface area contributed by atoms with Crippen LogP contribution in [-0.4, -0.2) is 35.3 Å². The Morgan fingerprint density at radius 3 is 2.68 bits per heavy atom. The van der Waals surface area contributed by atoms with E-state index in [4.69, 9.17) is 11.6 Å². The number of hydrogen-bond acceptors (Lipinski definition) is 3. The van der Waals surface area contributed by atoms with E-state index >= 15 is 0 Å². The summed E-state index contributed by atoms with van der Waals surface area (Å²) in [6.45, 7) is 1.78. The van der Waals surface area contributed by atoms with Gasteiger partial charge in [0, 0.05) is 29.9 Å². The number of carbonyl (C=O) groups is 1. The Kier molecular flexibility index (Phi) is 6.70. The maximum atomic E-state index is 12.3. The van der Waals surface area contributed by atoms with Crippen molar-refractivity contribution in [2.45, 2.75) is 25.0 Å². The molecule has 0 amide bonds. The summed E-state index contributed by atoms with van der Waals surface area (Å²) in [6, 6.07) is 6.96. The molecular formula is C16H18ClF2NOS. The molecule has 0 atom stereocenters. The van der Waals surface area contributed by atoms with E-state index in [1.165, 1.54) is 6.42 Å². The number of piperidine rings is 1. The van der Waals surface area contributed by atoms with Gasteiger partial charge >= 0.3 is 0 Å². The molecule has 0 aliphatic carbocycles. The molecule has 0 bridgehead atoms. The molecule has 2 nitrogen and oxygen atoms in total. The van der Waals surface area contributed by atoms with Gasteiger partial charge in [0.15, 0.2) is 5.78 Å². The molecule has 1 saturated heterocycles. The van der Waals surface area contributed by atoms with Crippen molar-refractivity contribution in [3.63, 3.8) is 0 Å². The molecule has 0 saturated carbocycles. The lowest BCUT2D eigenvalue weighted by molar-refractivity contribution is -0.111. The van der Waals surface area contributed by atoms with Gasteiger partial charge in [-0.1, -0.05) is 35.5 Å². The summed E-state index contributed by atoms with van der Waals surface area (Å²) in [7, 11) is 0. The van der Waals surface area contributed by atoms with Gasteiger partial charge in [0.25, 0.3) is 5.76 Å². The van der Waals surface area contributed by atoms with E-state index < -0.39 is 5.76 Å². The highest BCUT2D eigenvalue weighted by molar-refractivity contribution is 8.00. The number of hydrogen-bond donors (Lipinski definition) is 0. The Labute approximate surface area is 138 Å². The third-order valence-corrected chi connectivity index (χ3v) is 4.39. The van der Waals surface area contributed by atoms with Crippen LogP contribution in [0.3, 0.4) is 0 Å². The molecule has 2 rings (SSSR count). The van der Waals surface area contributed by atoms with E-state index in [2.05, 4.69) is 4.90 Å². The van der Waals surface area contributed by atoms with Crippen LogP contribution in [0.4, 0.5) is 8.78 Å². The number of likely N-dealkylation sites (tertiary alicyclic amines) is 1. The summed E-state index contributed by atoms with van der Waals surface area (Å²) in [5, 5.41) is 0.524. The van der Waals surface area contributed by atoms with Gasteiger partial charge in [0.1, 0.15) is 0 Å². The molecule has 1 aromatic carbocycles. The zero-order chi connectivity index (χ0) is 15.9. The highest BCUT2D eigenvalue weighted by Crippen LogP contribution is 2.24. The molecule has 0 unspecified atom stereocenters. The molecule has 6 heteroatoms. The van der Waals surface area contributed by atoms with Crippen molar-refractivity contribution in [2.75, 3.05) is 18.8 Å². The number of halogens is 3. The minimum absolute atomic E-state index is 0.232. The normalized spacial score (nSPS) is 16.2. The van der Waals surface area contributed by atoms with Gasteiger partial charge in [-0.25, -0.2) is 0 Å². The van der Waals surface area contributed by atoms with Crippen LogP contribution in [-0.2, 0) is 4.79 Å². The van der Waals surface area contributed by atoms with E-state index in [0.717, 1.165) is 25.9 Å². The topological polar surface area (TPSA) is 20.3 Å². The molecule has 1 fully saturated rings. The second kappa shape index (κ2) is 8.53. The van der Waals surface area contributed by atoms with Gasteiger partial charge in [0.05, 0.1) is 5.75 Å². The second-order valence-corrected chi connectivity index (χ2v) is 6.56. The van der Waals surface area contributed by atoms with Crippen LogP contribution < -0.4 is 0 Å². The Balaban J connectivity index is 2.23. The summed E-state index contributed by atoms with van der Waals surface area (Å²) in [4.78, 5) is 14.4. The van der Waals surface area contributed by atoms with E-state index in [-0.39, 0.29) is 11.5 Å². The fourth-order valence-electron chi connectivity index (χ4n) is 2.41. The number of allylic oxidation sites excluding steroid dienone is 1. The van der Waals surface area contributed by atoms with Gasteiger partial charge in [-0.05, 0) is 37.0 Å². The monoisotopic (exact) mass is 345 g/mol. The Bertz CT molecular complexity index is 545. The van der Waals surface area contributed by atoms with Crippen molar-refractivity contribution in [1.82, 2.24) is 4.90 Å². The number of carbonyl (C=O) groups excluding carboxylic acids is 1. The van der Waals surface area contributed by atoms with Crippen LogP contribution in [0.2, 0.25) is 5.02 Å². The molecule has 1 heterocycles. The molecule has 0 radical (unpaired) electrons. The summed E-state index contributed by atoms with van der Waals surface area (Å²) >= 11 is 6.34. The number of rotatable bonds is 6. The smallest absolute Gasteiger partial charge is 0.285 e. The number of benzene rings is 1. The van der Waals surface area contributed by atoms with Crippen LogP contribution in [0, 0.1) is 0 Å². The predicted octanol–water partition coefficient (Wildman–Crippen LogP) is 4.69. The van der Waals surface area contributed by atoms with Gasteiger partial charge < -0.3 is 4.90 Å². The zero-order valence-corrected chi connectivity index (χ0v) is 13.7. The lowest BCUT2D eigenvalue weighted by atomic mass is 10.0. The Morgan fingerprint density at radius 1 is 1.32 bits per heavy atom.